The minimum atomic E-state index is 0.0745. The summed E-state index contributed by atoms with van der Waals surface area (Å²) in [5.74, 6) is 0.612. The molecule has 2 unspecified atom stereocenters. The highest BCUT2D eigenvalue weighted by Gasteiger charge is 2.22. The number of nitrogens with zero attached hydrogens (tertiary/aromatic N) is 2. The fourth-order valence-electron chi connectivity index (χ4n) is 3.06. The molecule has 0 aliphatic carbocycles. The van der Waals surface area contributed by atoms with Gasteiger partial charge in [0.05, 0.1) is 6.04 Å². The second-order valence-electron chi connectivity index (χ2n) is 6.77. The normalized spacial score (nSPS) is 20.0. The first-order chi connectivity index (χ1) is 10.5. The summed E-state index contributed by atoms with van der Waals surface area (Å²) in [5, 5.41) is 3.11. The Balaban J connectivity index is 1.94. The van der Waals surface area contributed by atoms with Gasteiger partial charge in [0.2, 0.25) is 0 Å². The van der Waals surface area contributed by atoms with Crippen LogP contribution in [0.5, 0.6) is 0 Å². The highest BCUT2D eigenvalue weighted by molar-refractivity contribution is 5.74. The number of benzene rings is 1. The number of aryl methyl sites for hydroxylation is 1. The monoisotopic (exact) mass is 303 g/mol. The Morgan fingerprint density at radius 1 is 1.36 bits per heavy atom. The molecule has 0 spiro atoms. The summed E-state index contributed by atoms with van der Waals surface area (Å²) >= 11 is 0. The largest absolute Gasteiger partial charge is 0.336 e. The molecule has 2 atom stereocenters. The molecule has 0 aromatic heterocycles. The Bertz CT molecular complexity index is 484. The van der Waals surface area contributed by atoms with E-state index in [1.165, 1.54) is 17.5 Å². The number of piperidine rings is 1. The predicted octanol–water partition coefficient (Wildman–Crippen LogP) is 3.04. The van der Waals surface area contributed by atoms with Crippen LogP contribution in [0, 0.1) is 12.8 Å². The molecule has 2 amide bonds. The number of likely N-dealkylation sites (tertiary alicyclic amines) is 1. The number of urea groups is 1. The molecule has 1 N–H and O–H groups in total. The van der Waals surface area contributed by atoms with Gasteiger partial charge in [-0.2, -0.15) is 0 Å². The van der Waals surface area contributed by atoms with E-state index < -0.39 is 0 Å². The molecule has 1 aliphatic rings. The van der Waals surface area contributed by atoms with E-state index in [9.17, 15) is 4.79 Å². The Kier molecular flexibility index (Phi) is 5.83. The number of carbonyl (C=O) groups is 1. The molecule has 0 saturated carbocycles. The summed E-state index contributed by atoms with van der Waals surface area (Å²) in [5.41, 5.74) is 2.50. The zero-order chi connectivity index (χ0) is 16.1. The van der Waals surface area contributed by atoms with Gasteiger partial charge in [-0.3, -0.25) is 0 Å². The van der Waals surface area contributed by atoms with Gasteiger partial charge in [-0.25, -0.2) is 4.79 Å². The van der Waals surface area contributed by atoms with Crippen molar-refractivity contribution in [3.63, 3.8) is 0 Å². The maximum absolute atomic E-state index is 12.4. The lowest BCUT2D eigenvalue weighted by Crippen LogP contribution is -2.47. The number of carbonyl (C=O) groups excluding carboxylic acids is 1. The van der Waals surface area contributed by atoms with Crippen LogP contribution in [0.2, 0.25) is 0 Å². The van der Waals surface area contributed by atoms with Crippen molar-refractivity contribution in [2.75, 3.05) is 33.7 Å². The average Bonchev–Trinajstić information content (AvgIpc) is 2.48. The van der Waals surface area contributed by atoms with Gasteiger partial charge < -0.3 is 15.1 Å². The SMILES string of the molecule is Cc1ccc(C(CNC(=O)N2CCCC(C)C2)N(C)C)cc1. The number of amides is 2. The van der Waals surface area contributed by atoms with Gasteiger partial charge >= 0.3 is 6.03 Å². The lowest BCUT2D eigenvalue weighted by Gasteiger charge is -2.32. The van der Waals surface area contributed by atoms with E-state index in [1.54, 1.807) is 0 Å². The maximum atomic E-state index is 12.4. The molecule has 1 aromatic carbocycles. The Labute approximate surface area is 134 Å². The van der Waals surface area contributed by atoms with Gasteiger partial charge in [0.15, 0.2) is 0 Å². The highest BCUT2D eigenvalue weighted by Crippen LogP contribution is 2.19. The molecule has 122 valence electrons. The van der Waals surface area contributed by atoms with Gasteiger partial charge in [-0.1, -0.05) is 36.8 Å². The van der Waals surface area contributed by atoms with E-state index in [0.717, 1.165) is 19.5 Å². The third kappa shape index (κ3) is 4.47. The van der Waals surface area contributed by atoms with Gasteiger partial charge in [-0.15, -0.1) is 0 Å². The number of nitrogens with one attached hydrogen (secondary N) is 1. The van der Waals surface area contributed by atoms with Gasteiger partial charge in [-0.05, 0) is 45.3 Å². The molecule has 4 heteroatoms. The molecule has 1 aromatic rings. The van der Waals surface area contributed by atoms with Crippen LogP contribution in [0.15, 0.2) is 24.3 Å². The zero-order valence-electron chi connectivity index (χ0n) is 14.3. The average molecular weight is 303 g/mol. The molecular formula is C18H29N3O. The summed E-state index contributed by atoms with van der Waals surface area (Å²) < 4.78 is 0. The van der Waals surface area contributed by atoms with Crippen molar-refractivity contribution in [1.29, 1.82) is 0 Å². The van der Waals surface area contributed by atoms with Crippen molar-refractivity contribution in [1.82, 2.24) is 15.1 Å². The molecule has 4 nitrogen and oxygen atoms in total. The number of rotatable bonds is 4. The van der Waals surface area contributed by atoms with Crippen LogP contribution in [0.4, 0.5) is 4.79 Å². The van der Waals surface area contributed by atoms with E-state index in [-0.39, 0.29) is 12.1 Å². The van der Waals surface area contributed by atoms with E-state index in [4.69, 9.17) is 0 Å². The van der Waals surface area contributed by atoms with Crippen molar-refractivity contribution in [3.8, 4) is 0 Å². The van der Waals surface area contributed by atoms with Crippen LogP contribution in [0.3, 0.4) is 0 Å². The van der Waals surface area contributed by atoms with Crippen molar-refractivity contribution < 1.29 is 4.79 Å². The molecular weight excluding hydrogens is 274 g/mol. The Hall–Kier alpha value is -1.55. The second-order valence-corrected chi connectivity index (χ2v) is 6.77. The van der Waals surface area contributed by atoms with Crippen LogP contribution in [0.25, 0.3) is 0 Å². The van der Waals surface area contributed by atoms with Crippen molar-refractivity contribution in [2.24, 2.45) is 5.92 Å². The van der Waals surface area contributed by atoms with Gasteiger partial charge in [0.25, 0.3) is 0 Å². The van der Waals surface area contributed by atoms with Crippen molar-refractivity contribution in [3.05, 3.63) is 35.4 Å². The standard InChI is InChI=1S/C18H29N3O/c1-14-7-9-16(10-8-14)17(20(3)4)12-19-18(22)21-11-5-6-15(2)13-21/h7-10,15,17H,5-6,11-13H2,1-4H3,(H,19,22). The molecule has 0 radical (unpaired) electrons. The number of hydrogen-bond donors (Lipinski definition) is 1. The van der Waals surface area contributed by atoms with Crippen molar-refractivity contribution >= 4 is 6.03 Å². The van der Waals surface area contributed by atoms with Crippen LogP contribution in [-0.4, -0.2) is 49.6 Å². The molecule has 1 fully saturated rings. The molecule has 2 rings (SSSR count). The Morgan fingerprint density at radius 2 is 2.05 bits per heavy atom. The molecule has 0 bridgehead atoms. The van der Waals surface area contributed by atoms with Crippen LogP contribution < -0.4 is 5.32 Å². The summed E-state index contributed by atoms with van der Waals surface area (Å²) in [7, 11) is 4.11. The summed E-state index contributed by atoms with van der Waals surface area (Å²) in [6.45, 7) is 6.71. The summed E-state index contributed by atoms with van der Waals surface area (Å²) in [6, 6.07) is 8.82. The topological polar surface area (TPSA) is 35.6 Å². The van der Waals surface area contributed by atoms with Crippen molar-refractivity contribution in [2.45, 2.75) is 32.7 Å². The van der Waals surface area contributed by atoms with E-state index in [1.807, 2.05) is 4.90 Å². The number of hydrogen-bond acceptors (Lipinski definition) is 2. The molecule has 1 heterocycles. The van der Waals surface area contributed by atoms with E-state index in [2.05, 4.69) is 62.4 Å². The van der Waals surface area contributed by atoms with Crippen LogP contribution in [-0.2, 0) is 0 Å². The lowest BCUT2D eigenvalue weighted by molar-refractivity contribution is 0.166. The first kappa shape index (κ1) is 16.8. The maximum Gasteiger partial charge on any atom is 0.317 e. The molecule has 22 heavy (non-hydrogen) atoms. The van der Waals surface area contributed by atoms with Gasteiger partial charge in [0.1, 0.15) is 0 Å². The third-order valence-electron chi connectivity index (χ3n) is 4.48. The number of likely N-dealkylation sites (N-methyl/N-ethyl adjacent to an activating group) is 1. The predicted molar refractivity (Wildman–Crippen MR) is 91.0 cm³/mol. The fourth-order valence-corrected chi connectivity index (χ4v) is 3.06. The Morgan fingerprint density at radius 3 is 2.64 bits per heavy atom. The van der Waals surface area contributed by atoms with Crippen LogP contribution >= 0.6 is 0 Å². The van der Waals surface area contributed by atoms with E-state index >= 15 is 0 Å². The smallest absolute Gasteiger partial charge is 0.317 e. The second kappa shape index (κ2) is 7.63. The first-order valence-corrected chi connectivity index (χ1v) is 8.23. The highest BCUT2D eigenvalue weighted by atomic mass is 16.2. The lowest BCUT2D eigenvalue weighted by atomic mass is 10.0. The third-order valence-corrected chi connectivity index (χ3v) is 4.48. The quantitative estimate of drug-likeness (QED) is 0.928. The van der Waals surface area contributed by atoms with Gasteiger partial charge in [0, 0.05) is 19.6 Å². The fraction of sp³-hybridized carbons (Fsp3) is 0.611. The minimum absolute atomic E-state index is 0.0745. The molecule has 1 saturated heterocycles. The summed E-state index contributed by atoms with van der Waals surface area (Å²) in [6.07, 6.45) is 2.34. The minimum Gasteiger partial charge on any atom is -0.336 e. The molecule has 1 aliphatic heterocycles. The first-order valence-electron chi connectivity index (χ1n) is 8.23. The summed E-state index contributed by atoms with van der Waals surface area (Å²) in [4.78, 5) is 16.5. The van der Waals surface area contributed by atoms with Crippen LogP contribution in [0.1, 0.15) is 36.9 Å². The van der Waals surface area contributed by atoms with E-state index in [0.29, 0.717) is 12.5 Å². The zero-order valence-corrected chi connectivity index (χ0v) is 14.3.